The van der Waals surface area contributed by atoms with Crippen molar-refractivity contribution < 1.29 is 80.2 Å². The molecule has 0 saturated heterocycles. The molecule has 17 nitrogen and oxygen atoms in total. The summed E-state index contributed by atoms with van der Waals surface area (Å²) in [6.45, 7) is 9.70. The van der Waals surface area contributed by atoms with E-state index in [0.717, 1.165) is 102 Å². The van der Waals surface area contributed by atoms with Gasteiger partial charge in [0.2, 0.25) is 0 Å². The molecule has 0 aromatic rings. The molecule has 0 radical (unpaired) electrons. The number of unbranched alkanes of at least 4 members (excludes halogenated alkanes) is 56. The van der Waals surface area contributed by atoms with Crippen LogP contribution in [-0.2, 0) is 65.4 Å². The molecule has 3 N–H and O–H groups in total. The van der Waals surface area contributed by atoms with E-state index in [0.29, 0.717) is 25.7 Å². The Bertz CT molecular complexity index is 2030. The lowest BCUT2D eigenvalue weighted by Gasteiger charge is -2.21. The molecule has 2 unspecified atom stereocenters. The van der Waals surface area contributed by atoms with E-state index >= 15 is 0 Å². The quantitative estimate of drug-likeness (QED) is 0.0222. The van der Waals surface area contributed by atoms with Crippen molar-refractivity contribution in [2.75, 3.05) is 39.6 Å². The summed E-state index contributed by atoms with van der Waals surface area (Å²) >= 11 is 0. The topological polar surface area (TPSA) is 237 Å². The lowest BCUT2D eigenvalue weighted by Crippen LogP contribution is -2.30. The molecule has 0 aromatic heterocycles. The van der Waals surface area contributed by atoms with Gasteiger partial charge in [0.15, 0.2) is 12.2 Å². The van der Waals surface area contributed by atoms with Crippen LogP contribution in [0.2, 0.25) is 0 Å². The molecule has 0 rings (SSSR count). The number of ether oxygens (including phenoxy) is 4. The van der Waals surface area contributed by atoms with E-state index in [9.17, 15) is 43.2 Å². The van der Waals surface area contributed by atoms with E-state index in [1.165, 1.54) is 283 Å². The maximum atomic E-state index is 13.2. The van der Waals surface area contributed by atoms with Crippen LogP contribution in [0.5, 0.6) is 0 Å². The van der Waals surface area contributed by atoms with E-state index in [1.54, 1.807) is 0 Å². The minimum Gasteiger partial charge on any atom is -0.462 e. The average molecular weight is 1550 g/mol. The Balaban J connectivity index is 5.21. The van der Waals surface area contributed by atoms with E-state index in [1.807, 2.05) is 0 Å². The van der Waals surface area contributed by atoms with Gasteiger partial charge in [-0.05, 0) is 37.5 Å². The van der Waals surface area contributed by atoms with Crippen LogP contribution in [0, 0.1) is 11.8 Å². The van der Waals surface area contributed by atoms with Gasteiger partial charge in [-0.15, -0.1) is 0 Å². The van der Waals surface area contributed by atoms with E-state index in [4.69, 9.17) is 37.0 Å². The van der Waals surface area contributed by atoms with Gasteiger partial charge >= 0.3 is 39.5 Å². The fourth-order valence-corrected chi connectivity index (χ4v) is 15.2. The standard InChI is InChI=1S/C87H170O17P2/c1-7-9-11-13-15-17-19-20-21-22-23-24-25-26-27-32-35-41-47-53-59-65-71-86(91)104-83(76-98-85(90)70-64-58-52-46-40-34-31-29-28-30-33-38-43-49-55-61-67-79(3)4)78-102-106(95,96)100-74-81(88)73-99-105(93,94)101-77-82(75-97-84(89)69-63-57-51-45-18-16-14-12-10-8-2)103-87(92)72-66-60-54-48-42-37-36-39-44-50-56-62-68-80(5)6/h79-83,88H,7-78H2,1-6H3,(H,93,94)(H,95,96)/t81-,82+,83+/m0/s1. The number of aliphatic hydroxyl groups excluding tert-OH is 1. The zero-order valence-electron chi connectivity index (χ0n) is 69.7. The van der Waals surface area contributed by atoms with Gasteiger partial charge in [0.05, 0.1) is 26.4 Å². The number of phosphoric acid groups is 2. The number of hydrogen-bond donors (Lipinski definition) is 3. The Kier molecular flexibility index (Phi) is 76.9. The van der Waals surface area contributed by atoms with Crippen LogP contribution in [0.15, 0.2) is 0 Å². The Morgan fingerprint density at radius 3 is 0.642 bits per heavy atom. The van der Waals surface area contributed by atoms with E-state index < -0.39 is 97.5 Å². The first-order valence-corrected chi connectivity index (χ1v) is 48.0. The number of esters is 4. The third-order valence-electron chi connectivity index (χ3n) is 20.5. The number of hydrogen-bond acceptors (Lipinski definition) is 15. The molecule has 0 saturated carbocycles. The normalized spacial score (nSPS) is 13.8. The van der Waals surface area contributed by atoms with Crippen molar-refractivity contribution in [1.29, 1.82) is 0 Å². The number of aliphatic hydroxyl groups is 1. The van der Waals surface area contributed by atoms with Gasteiger partial charge in [-0.1, -0.05) is 414 Å². The number of carbonyl (C=O) groups excluding carboxylic acids is 4. The minimum absolute atomic E-state index is 0.107. The maximum absolute atomic E-state index is 13.2. The van der Waals surface area contributed by atoms with Crippen molar-refractivity contribution in [3.8, 4) is 0 Å². The molecule has 0 aromatic carbocycles. The number of rotatable bonds is 86. The van der Waals surface area contributed by atoms with Crippen molar-refractivity contribution in [2.24, 2.45) is 11.8 Å². The lowest BCUT2D eigenvalue weighted by atomic mass is 10.0. The highest BCUT2D eigenvalue weighted by molar-refractivity contribution is 7.47. The summed E-state index contributed by atoms with van der Waals surface area (Å²) in [7, 11) is -9.93. The number of carbonyl (C=O) groups is 4. The summed E-state index contributed by atoms with van der Waals surface area (Å²) in [4.78, 5) is 73.2. The smallest absolute Gasteiger partial charge is 0.462 e. The molecule has 0 aliphatic carbocycles. The third-order valence-corrected chi connectivity index (χ3v) is 22.4. The van der Waals surface area contributed by atoms with Gasteiger partial charge in [-0.25, -0.2) is 9.13 Å². The number of phosphoric ester groups is 2. The molecule has 0 aliphatic rings. The fraction of sp³-hybridized carbons (Fsp3) is 0.954. The largest absolute Gasteiger partial charge is 0.472 e. The van der Waals surface area contributed by atoms with Gasteiger partial charge < -0.3 is 33.8 Å². The highest BCUT2D eigenvalue weighted by atomic mass is 31.2. The summed E-state index contributed by atoms with van der Waals surface area (Å²) < 4.78 is 68.9. The Hall–Kier alpha value is -1.94. The van der Waals surface area contributed by atoms with Crippen LogP contribution >= 0.6 is 15.6 Å². The first-order valence-electron chi connectivity index (χ1n) is 45.0. The van der Waals surface area contributed by atoms with E-state index in [-0.39, 0.29) is 25.7 Å². The van der Waals surface area contributed by atoms with Gasteiger partial charge in [0.25, 0.3) is 0 Å². The van der Waals surface area contributed by atoms with Gasteiger partial charge in [0, 0.05) is 25.7 Å². The second-order valence-electron chi connectivity index (χ2n) is 32.2. The summed E-state index contributed by atoms with van der Waals surface area (Å²) in [5.74, 6) is -0.512. The predicted octanol–water partition coefficient (Wildman–Crippen LogP) is 26.6. The Morgan fingerprint density at radius 2 is 0.434 bits per heavy atom. The van der Waals surface area contributed by atoms with Crippen molar-refractivity contribution in [1.82, 2.24) is 0 Å². The molecule has 0 fully saturated rings. The molecule has 0 heterocycles. The van der Waals surface area contributed by atoms with Crippen LogP contribution in [-0.4, -0.2) is 96.7 Å². The predicted molar refractivity (Wildman–Crippen MR) is 437 cm³/mol. The Morgan fingerprint density at radius 1 is 0.255 bits per heavy atom. The molecule has 5 atom stereocenters. The van der Waals surface area contributed by atoms with E-state index in [2.05, 4.69) is 41.5 Å². The van der Waals surface area contributed by atoms with Crippen molar-refractivity contribution in [2.45, 2.75) is 484 Å². The van der Waals surface area contributed by atoms with Crippen LogP contribution in [0.4, 0.5) is 0 Å². The summed E-state index contributed by atoms with van der Waals surface area (Å²) in [6, 6.07) is 0. The SMILES string of the molecule is CCCCCCCCCCCCCCCCCCCCCCCCC(=O)O[C@H](COC(=O)CCCCCCCCCCCCCCCCCCC(C)C)COP(=O)(O)OC[C@@H](O)COP(=O)(O)OC[C@@H](COC(=O)CCCCCCCCCCCC)OC(=O)CCCCCCCCCCCCCCC(C)C. The second-order valence-corrected chi connectivity index (χ2v) is 35.1. The molecule has 0 aliphatic heterocycles. The average Bonchev–Trinajstić information content (AvgIpc) is 0.899. The van der Waals surface area contributed by atoms with Crippen LogP contribution in [0.1, 0.15) is 465 Å². The van der Waals surface area contributed by atoms with Crippen LogP contribution in [0.25, 0.3) is 0 Å². The highest BCUT2D eigenvalue weighted by Crippen LogP contribution is 2.45. The van der Waals surface area contributed by atoms with Crippen LogP contribution < -0.4 is 0 Å². The molecule has 19 heteroatoms. The molecular formula is C87H170O17P2. The van der Waals surface area contributed by atoms with Gasteiger partial charge in [-0.3, -0.25) is 37.3 Å². The third kappa shape index (κ3) is 80.1. The maximum Gasteiger partial charge on any atom is 0.472 e. The monoisotopic (exact) mass is 1550 g/mol. The Labute approximate surface area is 651 Å². The molecule has 0 spiro atoms. The lowest BCUT2D eigenvalue weighted by molar-refractivity contribution is -0.161. The molecule has 630 valence electrons. The summed E-state index contributed by atoms with van der Waals surface area (Å²) in [5, 5.41) is 10.7. The van der Waals surface area contributed by atoms with Gasteiger partial charge in [-0.2, -0.15) is 0 Å². The van der Waals surface area contributed by atoms with Crippen molar-refractivity contribution in [3.05, 3.63) is 0 Å². The second kappa shape index (κ2) is 78.3. The van der Waals surface area contributed by atoms with Crippen molar-refractivity contribution in [3.63, 3.8) is 0 Å². The fourth-order valence-electron chi connectivity index (χ4n) is 13.6. The first-order chi connectivity index (χ1) is 51.4. The summed E-state index contributed by atoms with van der Waals surface area (Å²) in [5.41, 5.74) is 0. The highest BCUT2D eigenvalue weighted by Gasteiger charge is 2.30. The zero-order valence-corrected chi connectivity index (χ0v) is 71.5. The van der Waals surface area contributed by atoms with Crippen LogP contribution in [0.3, 0.4) is 0 Å². The first kappa shape index (κ1) is 104. The molecule has 106 heavy (non-hydrogen) atoms. The molecular weight excluding hydrogens is 1380 g/mol. The summed E-state index contributed by atoms with van der Waals surface area (Å²) in [6.07, 6.45) is 70.9. The van der Waals surface area contributed by atoms with Gasteiger partial charge in [0.1, 0.15) is 19.3 Å². The zero-order chi connectivity index (χ0) is 77.8. The molecule has 0 bridgehead atoms. The van der Waals surface area contributed by atoms with Crippen molar-refractivity contribution >= 4 is 39.5 Å². The molecule has 0 amide bonds. The minimum atomic E-state index is -4.97.